The smallest absolute Gasteiger partial charge is 0.315 e. The first-order valence-corrected chi connectivity index (χ1v) is 4.11. The highest BCUT2D eigenvalue weighted by Crippen LogP contribution is 1.91. The van der Waals surface area contributed by atoms with Gasteiger partial charge in [0, 0.05) is 10.7 Å². The summed E-state index contributed by atoms with van der Waals surface area (Å²) in [6.45, 7) is 0. The van der Waals surface area contributed by atoms with Gasteiger partial charge in [-0.05, 0) is 0 Å². The van der Waals surface area contributed by atoms with Gasteiger partial charge in [0.25, 0.3) is 0 Å². The fourth-order valence-corrected chi connectivity index (χ4v) is 0. The van der Waals surface area contributed by atoms with E-state index in [-0.39, 0.29) is 10.5 Å². The van der Waals surface area contributed by atoms with E-state index in [1.54, 1.807) is 0 Å². The number of hydrogen-bond donors (Lipinski definition) is 0. The third-order valence-electron chi connectivity index (χ3n) is 0.199. The molecule has 0 aliphatic rings. The summed E-state index contributed by atoms with van der Waals surface area (Å²) >= 11 is 0. The fraction of sp³-hybridized carbons (Fsp3) is 0. The zero-order valence-corrected chi connectivity index (χ0v) is 6.58. The van der Waals surface area contributed by atoms with E-state index in [2.05, 4.69) is 14.6 Å². The topological polar surface area (TPSA) is 43.4 Å². The standard InChI is InChI=1S/ClH3O3SSi/c1-5(2,3)4-6/h6H3. The van der Waals surface area contributed by atoms with Crippen molar-refractivity contribution in [1.29, 1.82) is 0 Å². The van der Waals surface area contributed by atoms with Crippen molar-refractivity contribution in [2.45, 2.75) is 0 Å². The Balaban J connectivity index is 3.85. The maximum absolute atomic E-state index is 9.58. The molecule has 0 fully saturated rings. The molecule has 0 saturated carbocycles. The van der Waals surface area contributed by atoms with Crippen molar-refractivity contribution < 1.29 is 12.3 Å². The van der Waals surface area contributed by atoms with E-state index in [1.807, 2.05) is 0 Å². The van der Waals surface area contributed by atoms with Gasteiger partial charge in [-0.3, -0.25) is 0 Å². The van der Waals surface area contributed by atoms with Gasteiger partial charge in [-0.25, -0.2) is 0 Å². The van der Waals surface area contributed by atoms with E-state index in [9.17, 15) is 8.42 Å². The molecule has 3 nitrogen and oxygen atoms in total. The van der Waals surface area contributed by atoms with E-state index in [1.165, 1.54) is 0 Å². The van der Waals surface area contributed by atoms with Gasteiger partial charge >= 0.3 is 9.33 Å². The second-order valence-electron chi connectivity index (χ2n) is 0.560. The van der Waals surface area contributed by atoms with E-state index in [0.717, 1.165) is 0 Å². The van der Waals surface area contributed by atoms with Crippen LogP contribution in [0.2, 0.25) is 0 Å². The second kappa shape index (κ2) is 1.92. The number of hydrogen-bond acceptors (Lipinski definition) is 3. The lowest BCUT2D eigenvalue weighted by molar-refractivity contribution is 0.526. The normalized spacial score (nSPS) is 12.2. The molecule has 0 aromatic heterocycles. The Bertz CT molecular complexity index is 113. The Hall–Kier alpha value is 0.417. The van der Waals surface area contributed by atoms with E-state index >= 15 is 0 Å². The van der Waals surface area contributed by atoms with Crippen LogP contribution in [0.15, 0.2) is 0 Å². The quantitative estimate of drug-likeness (QED) is 0.344. The molecule has 6 heteroatoms. The summed E-state index contributed by atoms with van der Waals surface area (Å²) in [5, 5.41) is 0. The fourth-order valence-electron chi connectivity index (χ4n) is 0. The molecule has 0 rings (SSSR count). The van der Waals surface area contributed by atoms with E-state index in [0.29, 0.717) is 0 Å². The van der Waals surface area contributed by atoms with Crippen LogP contribution in [-0.4, -0.2) is 18.9 Å². The van der Waals surface area contributed by atoms with Crippen molar-refractivity contribution in [1.82, 2.24) is 0 Å². The van der Waals surface area contributed by atoms with Gasteiger partial charge in [-0.1, -0.05) is 0 Å². The van der Waals surface area contributed by atoms with Gasteiger partial charge < -0.3 is 3.87 Å². The summed E-state index contributed by atoms with van der Waals surface area (Å²) in [4.78, 5) is 0. The predicted molar refractivity (Wildman–Crippen MR) is 25.8 cm³/mol. The van der Waals surface area contributed by atoms with Crippen molar-refractivity contribution in [3.63, 3.8) is 0 Å². The molecule has 6 heavy (non-hydrogen) atoms. The molecule has 0 bridgehead atoms. The zero-order valence-electron chi connectivity index (χ0n) is 3.01. The molecule has 0 spiro atoms. The van der Waals surface area contributed by atoms with Crippen molar-refractivity contribution in [3.8, 4) is 0 Å². The molecule has 0 atom stereocenters. The summed E-state index contributed by atoms with van der Waals surface area (Å²) in [7, 11) is 1.00. The molecule has 0 aromatic carbocycles. The molecule has 0 heterocycles. The van der Waals surface area contributed by atoms with Crippen LogP contribution >= 0.6 is 10.7 Å². The number of halogens is 1. The molecule has 0 aliphatic heterocycles. The van der Waals surface area contributed by atoms with Gasteiger partial charge in [-0.2, -0.15) is 8.42 Å². The first kappa shape index (κ1) is 6.42. The Morgan fingerprint density at radius 3 is 1.83 bits per heavy atom. The molecule has 0 saturated heterocycles. The van der Waals surface area contributed by atoms with Gasteiger partial charge in [-0.15, -0.1) is 0 Å². The highest BCUT2D eigenvalue weighted by molar-refractivity contribution is 8.10. The molecule has 0 aromatic rings. The lowest BCUT2D eigenvalue weighted by atomic mass is 15.8. The third-order valence-corrected chi connectivity index (χ3v) is 2.93. The van der Waals surface area contributed by atoms with Gasteiger partial charge in [0.05, 0.1) is 0 Å². The Kier molecular flexibility index (Phi) is 2.05. The van der Waals surface area contributed by atoms with Gasteiger partial charge in [0.1, 0.15) is 0 Å². The molecule has 0 unspecified atom stereocenters. The predicted octanol–water partition coefficient (Wildman–Crippen LogP) is -1.23. The Morgan fingerprint density at radius 1 is 1.67 bits per heavy atom. The Morgan fingerprint density at radius 2 is 1.83 bits per heavy atom. The number of rotatable bonds is 1. The third kappa shape index (κ3) is 4.42. The van der Waals surface area contributed by atoms with Crippen LogP contribution in [0.1, 0.15) is 0 Å². The first-order chi connectivity index (χ1) is 2.56. The lowest BCUT2D eigenvalue weighted by Gasteiger charge is -1.81. The second-order valence-corrected chi connectivity index (χ2v) is 3.81. The van der Waals surface area contributed by atoms with Crippen LogP contribution in [0, 0.1) is 0 Å². The van der Waals surface area contributed by atoms with Crippen LogP contribution in [0.25, 0.3) is 0 Å². The first-order valence-electron chi connectivity index (χ1n) is 1.06. The van der Waals surface area contributed by atoms with Crippen molar-refractivity contribution in [2.24, 2.45) is 0 Å². The molecular weight excluding hydrogens is 144 g/mol. The van der Waals surface area contributed by atoms with Crippen LogP contribution in [0.4, 0.5) is 0 Å². The maximum atomic E-state index is 9.58. The Labute approximate surface area is 43.4 Å². The van der Waals surface area contributed by atoms with E-state index < -0.39 is 9.33 Å². The highest BCUT2D eigenvalue weighted by Gasteiger charge is 1.94. The maximum Gasteiger partial charge on any atom is 0.345 e. The largest absolute Gasteiger partial charge is 0.345 e. The molecule has 0 radical (unpaired) electrons. The molecule has 0 N–H and O–H groups in total. The molecule has 0 aliphatic carbocycles. The highest BCUT2D eigenvalue weighted by atomic mass is 35.7. The minimum absolute atomic E-state index is 0.128. The minimum atomic E-state index is -3.63. The van der Waals surface area contributed by atoms with Gasteiger partial charge in [0.2, 0.25) is 0 Å². The lowest BCUT2D eigenvalue weighted by Crippen LogP contribution is -1.89. The minimum Gasteiger partial charge on any atom is -0.315 e. The average molecular weight is 147 g/mol. The molecule has 0 amide bonds. The van der Waals surface area contributed by atoms with Crippen molar-refractivity contribution in [2.75, 3.05) is 0 Å². The summed E-state index contributed by atoms with van der Waals surface area (Å²) in [5.41, 5.74) is 0. The summed E-state index contributed by atoms with van der Waals surface area (Å²) in [6, 6.07) is 0. The van der Waals surface area contributed by atoms with Crippen LogP contribution in [0.3, 0.4) is 0 Å². The van der Waals surface area contributed by atoms with Crippen LogP contribution in [0.5, 0.6) is 0 Å². The van der Waals surface area contributed by atoms with Crippen LogP contribution in [-0.2, 0) is 13.2 Å². The van der Waals surface area contributed by atoms with Crippen molar-refractivity contribution in [3.05, 3.63) is 0 Å². The van der Waals surface area contributed by atoms with Crippen molar-refractivity contribution >= 4 is 30.5 Å². The SMILES string of the molecule is O=S(=O)(Cl)O[SiH3]. The molecular formula is H3ClO3SSi. The summed E-state index contributed by atoms with van der Waals surface area (Å²) < 4.78 is 23.0. The van der Waals surface area contributed by atoms with Crippen LogP contribution < -0.4 is 0 Å². The van der Waals surface area contributed by atoms with E-state index in [4.69, 9.17) is 0 Å². The monoisotopic (exact) mass is 146 g/mol. The summed E-state index contributed by atoms with van der Waals surface area (Å²) in [5.74, 6) is 0. The molecule has 38 valence electrons. The average Bonchev–Trinajstić information content (AvgIpc) is 1.35. The van der Waals surface area contributed by atoms with Gasteiger partial charge in [0.15, 0.2) is 10.5 Å². The summed E-state index contributed by atoms with van der Waals surface area (Å²) in [6.07, 6.45) is 0. The zero-order chi connectivity index (χ0) is 5.21.